The minimum Gasteiger partial charge on any atom is -0.485 e. The van der Waals surface area contributed by atoms with Crippen LogP contribution in [-0.4, -0.2) is 16.1 Å². The Hall–Kier alpha value is -7.30. The van der Waals surface area contributed by atoms with Gasteiger partial charge in [0.1, 0.15) is 28.6 Å². The summed E-state index contributed by atoms with van der Waals surface area (Å²) in [4.78, 5) is 10.1. The highest BCUT2D eigenvalue weighted by Crippen LogP contribution is 2.48. The Labute approximate surface area is 356 Å². The second kappa shape index (κ2) is 13.8. The van der Waals surface area contributed by atoms with Gasteiger partial charge >= 0.3 is 0 Å². The van der Waals surface area contributed by atoms with E-state index >= 15 is 0 Å². The van der Waals surface area contributed by atoms with Crippen molar-refractivity contribution in [2.45, 2.75) is 17.9 Å². The lowest BCUT2D eigenvalue weighted by atomic mass is 9.83. The number of allylic oxidation sites excluding steroid dienone is 2. The van der Waals surface area contributed by atoms with E-state index in [4.69, 9.17) is 35.6 Å². The third-order valence-electron chi connectivity index (χ3n) is 10.1. The van der Waals surface area contributed by atoms with Gasteiger partial charge in [-0.15, -0.1) is 0 Å². The maximum absolute atomic E-state index is 9.54. The zero-order chi connectivity index (χ0) is 53.4. The predicted molar refractivity (Wildman–Crippen MR) is 230 cm³/mol. The lowest BCUT2D eigenvalue weighted by Crippen LogP contribution is -2.17. The van der Waals surface area contributed by atoms with Gasteiger partial charge in [-0.1, -0.05) is 176 Å². The molecule has 3 unspecified atom stereocenters. The van der Waals surface area contributed by atoms with E-state index < -0.39 is 155 Å². The molecule has 0 saturated heterocycles. The summed E-state index contributed by atoms with van der Waals surface area (Å²) in [5.41, 5.74) is 1.24. The van der Waals surface area contributed by atoms with Gasteiger partial charge in [0, 0.05) is 33.9 Å². The summed E-state index contributed by atoms with van der Waals surface area (Å²) < 4.78 is 173. The fourth-order valence-corrected chi connectivity index (χ4v) is 7.44. The smallest absolute Gasteiger partial charge is 0.180 e. The number of nitrogens with zero attached hydrogens (tertiary/aromatic N) is 2. The number of fused-ring (bicyclic) bond motifs is 6. The summed E-state index contributed by atoms with van der Waals surface area (Å²) in [6.07, 6.45) is 4.37. The van der Waals surface area contributed by atoms with Gasteiger partial charge in [0.25, 0.3) is 0 Å². The quantitative estimate of drug-likeness (QED) is 0.152. The molecule has 0 radical (unpaired) electrons. The van der Waals surface area contributed by atoms with Crippen LogP contribution in [0.1, 0.15) is 64.3 Å². The van der Waals surface area contributed by atoms with Crippen LogP contribution in [0.15, 0.2) is 204 Å². The molecule has 270 valence electrons. The van der Waals surface area contributed by atoms with Gasteiger partial charge < -0.3 is 9.15 Å². The van der Waals surface area contributed by atoms with Crippen LogP contribution in [0.25, 0.3) is 61.4 Å². The van der Waals surface area contributed by atoms with Gasteiger partial charge in [0.15, 0.2) is 11.4 Å². The first-order valence-electron chi connectivity index (χ1n) is 27.0. The van der Waals surface area contributed by atoms with Crippen molar-refractivity contribution in [1.29, 1.82) is 0 Å². The van der Waals surface area contributed by atoms with Crippen LogP contribution in [0.4, 0.5) is 0 Å². The first-order valence-corrected chi connectivity index (χ1v) is 18.0. The molecule has 9 aromatic rings. The molecule has 1 aliphatic heterocycles. The Morgan fingerprint density at radius 2 is 1.25 bits per heavy atom. The fraction of sp³-hybridized carbons (Fsp3) is 0.0566. The van der Waals surface area contributed by atoms with Crippen molar-refractivity contribution < 1.29 is 33.8 Å². The molecule has 0 amide bonds. The molecule has 11 rings (SSSR count). The molecule has 7 aromatic carbocycles. The zero-order valence-corrected chi connectivity index (χ0v) is 29.6. The number of hydrogen-bond donors (Lipinski definition) is 0. The third kappa shape index (κ3) is 5.85. The van der Waals surface area contributed by atoms with Crippen LogP contribution in [0, 0.1) is 0 Å². The highest BCUT2D eigenvalue weighted by atomic mass is 16.5. The summed E-state index contributed by atoms with van der Waals surface area (Å²) >= 11 is 0. The van der Waals surface area contributed by atoms with Crippen molar-refractivity contribution in [3.05, 3.63) is 228 Å². The molecule has 4 heteroatoms. The van der Waals surface area contributed by atoms with E-state index in [0.29, 0.717) is 39.5 Å². The summed E-state index contributed by atoms with van der Waals surface area (Å²) in [6, 6.07) is 7.56. The van der Waals surface area contributed by atoms with E-state index in [0.717, 1.165) is 16.5 Å². The highest BCUT2D eigenvalue weighted by molar-refractivity contribution is 6.07. The number of ether oxygens (including phenoxy) is 1. The SMILES string of the molecule is [2H]c1c([2H])c([2H])c(-c2c([2H])c([2H])c(C(c3c([2H])c([2H])c([2H])c([2H])c3[2H])c3c([2H])c([2H])c(C4=CC5Oc6cccc(-c7nc(-c8ccccc8)c8oc9ccccc9c8n7)c6C5C=C4)c([2H])c3[2H])c([2H])c2[2H])c([2H])c1[2H]. The molecular formula is C53H36N2O2. The van der Waals surface area contributed by atoms with Crippen molar-refractivity contribution in [3.63, 3.8) is 0 Å². The first kappa shape index (κ1) is 19.5. The summed E-state index contributed by atoms with van der Waals surface area (Å²) in [5, 5.41) is 0.804. The third-order valence-corrected chi connectivity index (χ3v) is 10.1. The molecular weight excluding hydrogens is 697 g/mol. The molecule has 1 aliphatic carbocycles. The Kier molecular flexibility index (Phi) is 4.72. The van der Waals surface area contributed by atoms with Gasteiger partial charge in [-0.2, -0.15) is 0 Å². The van der Waals surface area contributed by atoms with Crippen LogP contribution in [0.3, 0.4) is 0 Å². The summed E-state index contributed by atoms with van der Waals surface area (Å²) in [7, 11) is 0. The van der Waals surface area contributed by atoms with Crippen LogP contribution in [0.5, 0.6) is 5.75 Å². The molecule has 2 aromatic heterocycles. The number of para-hydroxylation sites is 1. The van der Waals surface area contributed by atoms with Crippen molar-refractivity contribution >= 4 is 27.6 Å². The van der Waals surface area contributed by atoms with Crippen molar-refractivity contribution in [3.8, 4) is 39.5 Å². The molecule has 2 aliphatic rings. The molecule has 4 nitrogen and oxygen atoms in total. The van der Waals surface area contributed by atoms with E-state index in [-0.39, 0.29) is 11.1 Å². The van der Waals surface area contributed by atoms with Gasteiger partial charge in [0.2, 0.25) is 0 Å². The molecule has 3 atom stereocenters. The molecule has 0 spiro atoms. The van der Waals surface area contributed by atoms with E-state index in [1.165, 1.54) is 0 Å². The number of benzene rings is 7. The van der Waals surface area contributed by atoms with E-state index in [9.17, 15) is 8.22 Å². The first-order chi connectivity index (χ1) is 35.7. The van der Waals surface area contributed by atoms with Crippen molar-refractivity contribution in [2.75, 3.05) is 0 Å². The topological polar surface area (TPSA) is 48.2 Å². The molecule has 57 heavy (non-hydrogen) atoms. The molecule has 3 heterocycles. The largest absolute Gasteiger partial charge is 0.485 e. The van der Waals surface area contributed by atoms with Crippen LogP contribution in [-0.2, 0) is 0 Å². The summed E-state index contributed by atoms with van der Waals surface area (Å²) in [6.45, 7) is 0. The Morgan fingerprint density at radius 3 is 2.02 bits per heavy atom. The van der Waals surface area contributed by atoms with Crippen LogP contribution in [0.2, 0.25) is 0 Å². The van der Waals surface area contributed by atoms with E-state index in [1.807, 2.05) is 72.8 Å². The van der Waals surface area contributed by atoms with E-state index in [2.05, 4.69) is 0 Å². The average Bonchev–Trinajstić information content (AvgIpc) is 3.99. The van der Waals surface area contributed by atoms with Gasteiger partial charge in [-0.25, -0.2) is 9.97 Å². The van der Waals surface area contributed by atoms with Crippen LogP contribution < -0.4 is 4.74 Å². The maximum atomic E-state index is 9.54. The Morgan fingerprint density at radius 1 is 0.579 bits per heavy atom. The van der Waals surface area contributed by atoms with Crippen LogP contribution >= 0.6 is 0 Å². The van der Waals surface area contributed by atoms with Crippen molar-refractivity contribution in [1.82, 2.24) is 9.97 Å². The predicted octanol–water partition coefficient (Wildman–Crippen LogP) is 13.1. The number of hydrogen-bond acceptors (Lipinski definition) is 4. The Bertz CT molecular complexity index is 3950. The number of aromatic nitrogens is 2. The number of rotatable bonds is 7. The molecule has 0 saturated carbocycles. The van der Waals surface area contributed by atoms with Gasteiger partial charge in [0.05, 0.1) is 24.7 Å². The normalized spacial score (nSPS) is 20.6. The zero-order valence-electron chi connectivity index (χ0n) is 47.6. The second-order valence-electron chi connectivity index (χ2n) is 13.4. The van der Waals surface area contributed by atoms with E-state index in [1.54, 1.807) is 18.2 Å². The Balaban J connectivity index is 1.05. The minimum absolute atomic E-state index is 0.202. The monoisotopic (exact) mass is 750 g/mol. The standard InChI is InChI=1S/C53H36N2O2/c1-4-13-34(14-5-1)35-23-27-38(28-24-35)48(37-15-6-2-7-16-37)39-29-25-36(26-30-39)41-31-32-42-47(33-41)56-46-22-12-20-44(49(42)46)53-54-50(40-17-8-3-9-18-40)52-51(55-53)43-19-10-11-21-45(43)57-52/h1-33,42,47-48H/i1D,2D,4D,5D,6D,7D,13D,14D,15D,16D,23D,24D,25D,26D,27D,28D,29D,30D. The highest BCUT2D eigenvalue weighted by Gasteiger charge is 2.36. The lowest BCUT2D eigenvalue weighted by Gasteiger charge is -2.21. The number of furan rings is 1. The minimum atomic E-state index is -2.10. The average molecular weight is 751 g/mol. The molecule has 0 N–H and O–H groups in total. The second-order valence-corrected chi connectivity index (χ2v) is 13.4. The van der Waals surface area contributed by atoms with Gasteiger partial charge in [-0.3, -0.25) is 0 Å². The van der Waals surface area contributed by atoms with Gasteiger partial charge in [-0.05, 0) is 63.2 Å². The van der Waals surface area contributed by atoms with Crippen molar-refractivity contribution in [2.24, 2.45) is 0 Å². The fourth-order valence-electron chi connectivity index (χ4n) is 7.44. The molecule has 0 fully saturated rings. The maximum Gasteiger partial charge on any atom is 0.180 e. The summed E-state index contributed by atoms with van der Waals surface area (Å²) in [5.74, 6) is -1.62. The lowest BCUT2D eigenvalue weighted by molar-refractivity contribution is 0.269. The molecule has 0 bridgehead atoms.